The summed E-state index contributed by atoms with van der Waals surface area (Å²) in [6.45, 7) is 5.20. The molecular weight excluding hydrogens is 252 g/mol. The van der Waals surface area contributed by atoms with Crippen LogP contribution in [-0.4, -0.2) is 22.6 Å². The smallest absolute Gasteiger partial charge is 0.337 e. The normalized spacial score (nSPS) is 16.7. The molecule has 0 aromatic carbocycles. The minimum absolute atomic E-state index is 0.0866. The average Bonchev–Trinajstić information content (AvgIpc) is 3.08. The molecule has 0 radical (unpaired) electrons. The Balaban J connectivity index is 2.11. The van der Waals surface area contributed by atoms with Gasteiger partial charge >= 0.3 is 5.97 Å². The van der Waals surface area contributed by atoms with E-state index < -0.39 is 5.97 Å². The highest BCUT2D eigenvalue weighted by atomic mass is 35.5. The molecule has 0 amide bonds. The fourth-order valence-corrected chi connectivity index (χ4v) is 2.37. The Morgan fingerprint density at radius 1 is 1.61 bits per heavy atom. The predicted octanol–water partition coefficient (Wildman–Crippen LogP) is 3.28. The van der Waals surface area contributed by atoms with Crippen molar-refractivity contribution < 1.29 is 9.90 Å². The lowest BCUT2D eigenvalue weighted by Crippen LogP contribution is -2.21. The number of aromatic nitrogens is 1. The van der Waals surface area contributed by atoms with Gasteiger partial charge in [0.25, 0.3) is 0 Å². The van der Waals surface area contributed by atoms with Crippen LogP contribution in [0.15, 0.2) is 12.3 Å². The second-order valence-electron chi connectivity index (χ2n) is 5.20. The van der Waals surface area contributed by atoms with Gasteiger partial charge in [0.1, 0.15) is 5.82 Å². The Morgan fingerprint density at radius 3 is 2.78 bits per heavy atom. The summed E-state index contributed by atoms with van der Waals surface area (Å²) >= 11 is 6.03. The molecule has 5 heteroatoms. The molecule has 0 saturated heterocycles. The van der Waals surface area contributed by atoms with E-state index in [-0.39, 0.29) is 10.6 Å². The van der Waals surface area contributed by atoms with Crippen molar-refractivity contribution in [1.82, 2.24) is 4.98 Å². The maximum atomic E-state index is 11.0. The molecule has 1 aromatic rings. The summed E-state index contributed by atoms with van der Waals surface area (Å²) in [7, 11) is 0. The first-order chi connectivity index (χ1) is 8.46. The van der Waals surface area contributed by atoms with Crippen LogP contribution < -0.4 is 5.32 Å². The Hall–Kier alpha value is -1.29. The van der Waals surface area contributed by atoms with E-state index in [1.165, 1.54) is 25.1 Å². The first kappa shape index (κ1) is 13.1. The molecule has 0 aliphatic heterocycles. The number of rotatable bonds is 5. The minimum atomic E-state index is -1.03. The van der Waals surface area contributed by atoms with Crippen LogP contribution in [0.25, 0.3) is 0 Å². The number of nitrogens with zero attached hydrogens (tertiary/aromatic N) is 1. The molecule has 0 unspecified atom stereocenters. The molecule has 1 saturated carbocycles. The lowest BCUT2D eigenvalue weighted by atomic mass is 9.92. The summed E-state index contributed by atoms with van der Waals surface area (Å²) in [6, 6.07) is 1.41. The second kappa shape index (κ2) is 4.76. The molecule has 4 nitrogen and oxygen atoms in total. The van der Waals surface area contributed by atoms with E-state index in [2.05, 4.69) is 24.1 Å². The van der Waals surface area contributed by atoms with E-state index >= 15 is 0 Å². The quantitative estimate of drug-likeness (QED) is 0.860. The number of hydrogen-bond acceptors (Lipinski definition) is 3. The number of pyridine rings is 1. The Labute approximate surface area is 111 Å². The van der Waals surface area contributed by atoms with Crippen LogP contribution >= 0.6 is 11.6 Å². The van der Waals surface area contributed by atoms with Gasteiger partial charge in [0, 0.05) is 12.7 Å². The van der Waals surface area contributed by atoms with Crippen LogP contribution in [0.2, 0.25) is 5.02 Å². The van der Waals surface area contributed by atoms with Crippen LogP contribution in [0, 0.1) is 11.3 Å². The number of carboxylic acids is 1. The lowest BCUT2D eigenvalue weighted by molar-refractivity contribution is 0.0697. The van der Waals surface area contributed by atoms with Crippen molar-refractivity contribution in [1.29, 1.82) is 0 Å². The van der Waals surface area contributed by atoms with Gasteiger partial charge in [-0.1, -0.05) is 25.4 Å². The van der Waals surface area contributed by atoms with Crippen LogP contribution in [-0.2, 0) is 0 Å². The number of carbonyl (C=O) groups is 1. The first-order valence-electron chi connectivity index (χ1n) is 6.08. The highest BCUT2D eigenvalue weighted by Gasteiger charge is 2.45. The summed E-state index contributed by atoms with van der Waals surface area (Å²) in [5.41, 5.74) is 0.410. The summed E-state index contributed by atoms with van der Waals surface area (Å²) in [5, 5.41) is 12.3. The number of nitrogens with one attached hydrogen (secondary N) is 1. The minimum Gasteiger partial charge on any atom is -0.478 e. The van der Waals surface area contributed by atoms with Gasteiger partial charge in [-0.15, -0.1) is 0 Å². The zero-order valence-electron chi connectivity index (χ0n) is 10.5. The van der Waals surface area contributed by atoms with Gasteiger partial charge in [0.2, 0.25) is 0 Å². The number of hydrogen-bond donors (Lipinski definition) is 2. The van der Waals surface area contributed by atoms with Crippen LogP contribution in [0.1, 0.15) is 37.0 Å². The zero-order chi connectivity index (χ0) is 13.3. The third kappa shape index (κ3) is 2.43. The van der Waals surface area contributed by atoms with E-state index in [1.54, 1.807) is 0 Å². The van der Waals surface area contributed by atoms with Crippen molar-refractivity contribution in [3.05, 3.63) is 22.8 Å². The van der Waals surface area contributed by atoms with Crippen molar-refractivity contribution in [2.24, 2.45) is 11.3 Å². The highest BCUT2D eigenvalue weighted by molar-refractivity contribution is 6.35. The molecule has 2 rings (SSSR count). The number of halogens is 1. The predicted molar refractivity (Wildman–Crippen MR) is 71.2 cm³/mol. The molecule has 2 N–H and O–H groups in total. The van der Waals surface area contributed by atoms with Gasteiger partial charge in [-0.25, -0.2) is 9.78 Å². The molecular formula is C13H17ClN2O2. The molecule has 0 spiro atoms. The molecule has 0 atom stereocenters. The monoisotopic (exact) mass is 268 g/mol. The maximum absolute atomic E-state index is 11.0. The van der Waals surface area contributed by atoms with Crippen molar-refractivity contribution in [2.75, 3.05) is 11.9 Å². The summed E-state index contributed by atoms with van der Waals surface area (Å²) < 4.78 is 0. The molecule has 98 valence electrons. The van der Waals surface area contributed by atoms with Gasteiger partial charge in [-0.3, -0.25) is 0 Å². The second-order valence-corrected chi connectivity index (χ2v) is 5.57. The van der Waals surface area contributed by atoms with E-state index in [4.69, 9.17) is 16.7 Å². The van der Waals surface area contributed by atoms with Crippen molar-refractivity contribution in [3.8, 4) is 0 Å². The largest absolute Gasteiger partial charge is 0.478 e. The SMILES string of the molecule is CC(C)C1(CNc2nccc(C(=O)O)c2Cl)CC1. The fraction of sp³-hybridized carbons (Fsp3) is 0.538. The molecule has 1 aliphatic rings. The van der Waals surface area contributed by atoms with Crippen LogP contribution in [0.3, 0.4) is 0 Å². The summed E-state index contributed by atoms with van der Waals surface area (Å²) in [4.78, 5) is 15.1. The van der Waals surface area contributed by atoms with Crippen LogP contribution in [0.4, 0.5) is 5.82 Å². The third-order valence-corrected chi connectivity index (χ3v) is 4.23. The Morgan fingerprint density at radius 2 is 2.28 bits per heavy atom. The topological polar surface area (TPSA) is 62.2 Å². The molecule has 1 fully saturated rings. The van der Waals surface area contributed by atoms with Crippen LogP contribution in [0.5, 0.6) is 0 Å². The zero-order valence-corrected chi connectivity index (χ0v) is 11.3. The molecule has 1 aliphatic carbocycles. The highest BCUT2D eigenvalue weighted by Crippen LogP contribution is 2.51. The molecule has 1 aromatic heterocycles. The number of carboxylic acid groups (broad SMARTS) is 1. The fourth-order valence-electron chi connectivity index (χ4n) is 2.11. The maximum Gasteiger partial charge on any atom is 0.337 e. The van der Waals surface area contributed by atoms with E-state index in [0.29, 0.717) is 17.2 Å². The van der Waals surface area contributed by atoms with Gasteiger partial charge in [-0.05, 0) is 30.2 Å². The van der Waals surface area contributed by atoms with E-state index in [1.807, 2.05) is 0 Å². The van der Waals surface area contributed by atoms with Gasteiger partial charge in [-0.2, -0.15) is 0 Å². The summed E-state index contributed by atoms with van der Waals surface area (Å²) in [5.74, 6) is 0.0327. The molecule has 18 heavy (non-hydrogen) atoms. The number of anilines is 1. The van der Waals surface area contributed by atoms with Crippen molar-refractivity contribution >= 4 is 23.4 Å². The summed E-state index contributed by atoms with van der Waals surface area (Å²) in [6.07, 6.45) is 3.87. The van der Waals surface area contributed by atoms with Gasteiger partial charge in [0.15, 0.2) is 0 Å². The van der Waals surface area contributed by atoms with E-state index in [9.17, 15) is 4.79 Å². The lowest BCUT2D eigenvalue weighted by Gasteiger charge is -2.20. The third-order valence-electron chi connectivity index (χ3n) is 3.84. The standard InChI is InChI=1S/C13H17ClN2O2/c1-8(2)13(4-5-13)7-16-11-10(14)9(12(17)18)3-6-15-11/h3,6,8H,4-5,7H2,1-2H3,(H,15,16)(H,17,18). The van der Waals surface area contributed by atoms with Gasteiger partial charge in [0.05, 0.1) is 10.6 Å². The average molecular weight is 269 g/mol. The first-order valence-corrected chi connectivity index (χ1v) is 6.46. The van der Waals surface area contributed by atoms with Crippen molar-refractivity contribution in [2.45, 2.75) is 26.7 Å². The van der Waals surface area contributed by atoms with E-state index in [0.717, 1.165) is 6.54 Å². The molecule has 0 bridgehead atoms. The Kier molecular flexibility index (Phi) is 3.48. The molecule has 1 heterocycles. The number of aromatic carboxylic acids is 1. The van der Waals surface area contributed by atoms with Crippen molar-refractivity contribution in [3.63, 3.8) is 0 Å². The Bertz CT molecular complexity index is 470. The van der Waals surface area contributed by atoms with Gasteiger partial charge < -0.3 is 10.4 Å².